The third-order valence-electron chi connectivity index (χ3n) is 6.51. The molecule has 0 saturated carbocycles. The van der Waals surface area contributed by atoms with Gasteiger partial charge < -0.3 is 21.5 Å². The third-order valence-corrected chi connectivity index (χ3v) is 7.21. The first kappa shape index (κ1) is 32.0. The first-order valence-electron chi connectivity index (χ1n) is 11.8. The predicted molar refractivity (Wildman–Crippen MR) is 144 cm³/mol. The Balaban J connectivity index is 0.00000178. The number of likely N-dealkylation sites (tertiary alicyclic amines) is 1. The van der Waals surface area contributed by atoms with Crippen LogP contribution in [0.15, 0.2) is 54.6 Å². The number of benzene rings is 2. The molecule has 2 aliphatic rings. The van der Waals surface area contributed by atoms with E-state index in [9.17, 15) is 18.3 Å². The van der Waals surface area contributed by atoms with Crippen LogP contribution < -0.4 is 5.06 Å². The quantitative estimate of drug-likeness (QED) is 0.468. The lowest BCUT2D eigenvalue weighted by molar-refractivity contribution is -0.0576. The highest BCUT2D eigenvalue weighted by Gasteiger charge is 2.40. The van der Waals surface area contributed by atoms with Gasteiger partial charge in [0.1, 0.15) is 0 Å². The summed E-state index contributed by atoms with van der Waals surface area (Å²) in [6, 6.07) is 16.0. The third kappa shape index (κ3) is 6.87. The number of hydrogen-bond donors (Lipinski definition) is 1. The van der Waals surface area contributed by atoms with Gasteiger partial charge in [-0.05, 0) is 44.4 Å². The second-order valence-electron chi connectivity index (χ2n) is 9.18. The zero-order chi connectivity index (χ0) is 25.4. The zero-order valence-electron chi connectivity index (χ0n) is 21.6. The molecule has 14 heteroatoms. The Bertz CT molecular complexity index is 1390. The summed E-state index contributed by atoms with van der Waals surface area (Å²) in [6.07, 6.45) is 0.716. The molecular weight excluding hydrogens is 532 g/mol. The minimum Gasteiger partial charge on any atom is -0.412 e. The van der Waals surface area contributed by atoms with Gasteiger partial charge >= 0.3 is 16.4 Å². The number of para-hydroxylation sites is 1. The number of aliphatic hydroxyl groups excluding tert-OH is 1. The standard InChI is InChI=1S/C25H28N4O6S.3H2O/c1-17-7-9-19(10-8-17)23-16-20(30)11-12-27(23)13-14-28-25(31)29(35-36(32,33)34-28)24-15-18(2)26-22-6-4-3-5-21(22)24;;;/h3-10,15,20,23,30H,11-14,16H2,1-2H3;3*1H2. The van der Waals surface area contributed by atoms with Crippen LogP contribution in [0.3, 0.4) is 0 Å². The summed E-state index contributed by atoms with van der Waals surface area (Å²) in [5.74, 6) is 0. The van der Waals surface area contributed by atoms with Crippen molar-refractivity contribution in [2.75, 3.05) is 24.7 Å². The van der Waals surface area contributed by atoms with Crippen molar-refractivity contribution in [3.8, 4) is 0 Å². The molecular formula is C25H34N4O9S. The van der Waals surface area contributed by atoms with E-state index in [1.54, 1.807) is 31.2 Å². The number of carbonyl (C=O) groups excluding carboxylic acids is 1. The Hall–Kier alpha value is -3.21. The van der Waals surface area contributed by atoms with Gasteiger partial charge in [-0.3, -0.25) is 9.88 Å². The van der Waals surface area contributed by atoms with E-state index in [1.165, 1.54) is 0 Å². The number of piperidine rings is 1. The van der Waals surface area contributed by atoms with Crippen LogP contribution in [0.4, 0.5) is 10.5 Å². The number of hydroxylamine groups is 3. The number of anilines is 1. The maximum absolute atomic E-state index is 13.3. The molecule has 2 aromatic carbocycles. The van der Waals surface area contributed by atoms with E-state index < -0.39 is 22.5 Å². The van der Waals surface area contributed by atoms with Crippen molar-refractivity contribution in [2.24, 2.45) is 0 Å². The minimum atomic E-state index is -4.52. The Kier molecular flexibility index (Phi) is 10.5. The highest BCUT2D eigenvalue weighted by atomic mass is 32.3. The molecule has 5 rings (SSSR count). The second-order valence-corrected chi connectivity index (χ2v) is 10.3. The lowest BCUT2D eigenvalue weighted by Gasteiger charge is -2.39. The van der Waals surface area contributed by atoms with Gasteiger partial charge in [0.15, 0.2) is 0 Å². The van der Waals surface area contributed by atoms with Gasteiger partial charge in [0.25, 0.3) is 0 Å². The molecule has 2 fully saturated rings. The first-order chi connectivity index (χ1) is 17.2. The molecule has 13 nitrogen and oxygen atoms in total. The number of hydrogen-bond acceptors (Lipinski definition) is 8. The summed E-state index contributed by atoms with van der Waals surface area (Å²) in [6.45, 7) is 4.69. The Morgan fingerprint density at radius 1 is 1.00 bits per heavy atom. The van der Waals surface area contributed by atoms with E-state index in [0.717, 1.165) is 21.3 Å². The topological polar surface area (TPSA) is 207 Å². The van der Waals surface area contributed by atoms with Crippen LogP contribution in [-0.4, -0.2) is 76.7 Å². The van der Waals surface area contributed by atoms with Crippen LogP contribution >= 0.6 is 0 Å². The normalized spacial score (nSPS) is 21.1. The first-order valence-corrected chi connectivity index (χ1v) is 13.1. The van der Waals surface area contributed by atoms with E-state index in [2.05, 4.69) is 9.88 Å². The van der Waals surface area contributed by atoms with Crippen LogP contribution in [0.25, 0.3) is 10.9 Å². The largest absolute Gasteiger partial charge is 0.442 e. The van der Waals surface area contributed by atoms with E-state index in [4.69, 9.17) is 8.57 Å². The number of aryl methyl sites for hydroxylation is 2. The lowest BCUT2D eigenvalue weighted by atomic mass is 9.93. The maximum atomic E-state index is 13.3. The maximum Gasteiger partial charge on any atom is 0.442 e. The van der Waals surface area contributed by atoms with Crippen molar-refractivity contribution < 1.29 is 43.3 Å². The van der Waals surface area contributed by atoms with Gasteiger partial charge in [-0.25, -0.2) is 4.79 Å². The predicted octanol–water partition coefficient (Wildman–Crippen LogP) is 0.926. The molecule has 214 valence electrons. The number of pyridine rings is 1. The van der Waals surface area contributed by atoms with Gasteiger partial charge in [0, 0.05) is 30.2 Å². The van der Waals surface area contributed by atoms with Crippen molar-refractivity contribution in [3.63, 3.8) is 0 Å². The highest BCUT2D eigenvalue weighted by molar-refractivity contribution is 7.82. The summed E-state index contributed by atoms with van der Waals surface area (Å²) in [7, 11) is -4.52. The summed E-state index contributed by atoms with van der Waals surface area (Å²) in [5.41, 5.74) is 3.66. The van der Waals surface area contributed by atoms with Crippen LogP contribution in [0.5, 0.6) is 0 Å². The van der Waals surface area contributed by atoms with Gasteiger partial charge in [0.05, 0.1) is 23.9 Å². The van der Waals surface area contributed by atoms with Crippen molar-refractivity contribution in [1.82, 2.24) is 14.9 Å². The SMILES string of the molecule is Cc1ccc(C2CC(O)CCN2CCN2OS(=O)(=O)ON(c3cc(C)nc4ccccc34)C2=O)cc1.O.O.O. The Labute approximate surface area is 226 Å². The summed E-state index contributed by atoms with van der Waals surface area (Å²) >= 11 is 0. The van der Waals surface area contributed by atoms with E-state index in [-0.39, 0.29) is 34.7 Å². The van der Waals surface area contributed by atoms with Gasteiger partial charge in [0.2, 0.25) is 0 Å². The summed E-state index contributed by atoms with van der Waals surface area (Å²) in [4.78, 5) is 19.9. The van der Waals surface area contributed by atoms with Gasteiger partial charge in [-0.15, -0.1) is 13.6 Å². The molecule has 0 aliphatic carbocycles. The van der Waals surface area contributed by atoms with Crippen molar-refractivity contribution in [3.05, 3.63) is 71.4 Å². The molecule has 2 atom stereocenters. The van der Waals surface area contributed by atoms with Gasteiger partial charge in [-0.1, -0.05) is 48.0 Å². The number of carbonyl (C=O) groups is 1. The van der Waals surface area contributed by atoms with E-state index >= 15 is 0 Å². The molecule has 0 radical (unpaired) electrons. The molecule has 2 aliphatic heterocycles. The Morgan fingerprint density at radius 2 is 1.69 bits per heavy atom. The van der Waals surface area contributed by atoms with Crippen molar-refractivity contribution >= 4 is 33.0 Å². The van der Waals surface area contributed by atoms with E-state index in [1.807, 2.05) is 37.3 Å². The van der Waals surface area contributed by atoms with Crippen LogP contribution in [0.2, 0.25) is 0 Å². The minimum absolute atomic E-state index is 0. The molecule has 0 bridgehead atoms. The van der Waals surface area contributed by atoms with Crippen LogP contribution in [0, 0.1) is 13.8 Å². The molecule has 1 aromatic heterocycles. The number of aliphatic hydroxyl groups is 1. The fourth-order valence-corrected chi connectivity index (χ4v) is 5.44. The monoisotopic (exact) mass is 566 g/mol. The fraction of sp³-hybridized carbons (Fsp3) is 0.360. The molecule has 3 aromatic rings. The van der Waals surface area contributed by atoms with E-state index in [0.29, 0.717) is 42.5 Å². The average Bonchev–Trinajstić information content (AvgIpc) is 2.84. The second kappa shape index (κ2) is 12.8. The van der Waals surface area contributed by atoms with Crippen molar-refractivity contribution in [1.29, 1.82) is 0 Å². The summed E-state index contributed by atoms with van der Waals surface area (Å²) in [5, 5.41) is 12.4. The number of aromatic nitrogens is 1. The molecule has 2 unspecified atom stereocenters. The van der Waals surface area contributed by atoms with Crippen LogP contribution in [-0.2, 0) is 19.0 Å². The fourth-order valence-electron chi connectivity index (χ4n) is 4.73. The number of rotatable bonds is 5. The molecule has 2 amide bonds. The zero-order valence-corrected chi connectivity index (χ0v) is 22.4. The average molecular weight is 567 g/mol. The molecule has 7 N–H and O–H groups in total. The summed E-state index contributed by atoms with van der Waals surface area (Å²) < 4.78 is 34.9. The van der Waals surface area contributed by atoms with Crippen molar-refractivity contribution in [2.45, 2.75) is 38.8 Å². The smallest absolute Gasteiger partial charge is 0.412 e. The van der Waals surface area contributed by atoms with Gasteiger partial charge in [-0.2, -0.15) is 13.5 Å². The lowest BCUT2D eigenvalue weighted by Crippen LogP contribution is -2.53. The molecule has 39 heavy (non-hydrogen) atoms. The Morgan fingerprint density at radius 3 is 2.41 bits per heavy atom. The highest BCUT2D eigenvalue weighted by Crippen LogP contribution is 2.33. The number of urea groups is 1. The molecule has 0 spiro atoms. The van der Waals surface area contributed by atoms with Crippen LogP contribution in [0.1, 0.15) is 35.7 Å². The molecule has 2 saturated heterocycles. The molecule has 3 heterocycles. The number of amides is 2. The number of nitrogens with zero attached hydrogens (tertiary/aromatic N) is 4. The number of fused-ring (bicyclic) bond motifs is 1.